The summed E-state index contributed by atoms with van der Waals surface area (Å²) in [5.41, 5.74) is 4.03. The Kier molecular flexibility index (Phi) is 7.35. The lowest BCUT2D eigenvalue weighted by Gasteiger charge is -2.38. The zero-order valence-electron chi connectivity index (χ0n) is 17.6. The molecule has 1 fully saturated rings. The van der Waals surface area contributed by atoms with E-state index in [9.17, 15) is 0 Å². The number of piperazine rings is 1. The minimum atomic E-state index is 0. The van der Waals surface area contributed by atoms with Gasteiger partial charge in [0.25, 0.3) is 0 Å². The van der Waals surface area contributed by atoms with E-state index >= 15 is 0 Å². The van der Waals surface area contributed by atoms with Crippen LogP contribution < -0.4 is 10.2 Å². The number of nitrogens with one attached hydrogen (secondary N) is 2. The van der Waals surface area contributed by atoms with Gasteiger partial charge in [-0.25, -0.2) is 4.98 Å². The van der Waals surface area contributed by atoms with E-state index < -0.39 is 0 Å². The van der Waals surface area contributed by atoms with Gasteiger partial charge in [-0.05, 0) is 43.2 Å². The predicted molar refractivity (Wildman–Crippen MR) is 129 cm³/mol. The van der Waals surface area contributed by atoms with Gasteiger partial charge in [0.2, 0.25) is 5.82 Å². The summed E-state index contributed by atoms with van der Waals surface area (Å²) in [5.74, 6) is 2.83. The van der Waals surface area contributed by atoms with E-state index in [1.54, 1.807) is 6.26 Å². The molecule has 0 atom stereocenters. The van der Waals surface area contributed by atoms with Crippen LogP contribution in [0.3, 0.4) is 0 Å². The minimum Gasteiger partial charge on any atom is -0.461 e. The first-order valence-corrected chi connectivity index (χ1v) is 9.87. The third-order valence-corrected chi connectivity index (χ3v) is 5.39. The van der Waals surface area contributed by atoms with Gasteiger partial charge >= 0.3 is 0 Å². The fraction of sp³-hybridized carbons (Fsp3) is 0.381. The summed E-state index contributed by atoms with van der Waals surface area (Å²) in [6, 6.07) is 10.2. The Morgan fingerprint density at radius 3 is 2.67 bits per heavy atom. The number of guanidine groups is 1. The lowest BCUT2D eigenvalue weighted by molar-refractivity contribution is 0.372. The van der Waals surface area contributed by atoms with Gasteiger partial charge < -0.3 is 19.5 Å². The van der Waals surface area contributed by atoms with E-state index in [4.69, 9.17) is 4.42 Å². The largest absolute Gasteiger partial charge is 0.461 e. The summed E-state index contributed by atoms with van der Waals surface area (Å²) >= 11 is 0. The number of benzene rings is 1. The molecule has 0 aliphatic carbocycles. The number of H-pyrrole nitrogens is 1. The molecule has 0 saturated carbocycles. The van der Waals surface area contributed by atoms with E-state index in [1.807, 2.05) is 19.2 Å². The molecule has 0 spiro atoms. The van der Waals surface area contributed by atoms with Crippen molar-refractivity contribution < 1.29 is 4.42 Å². The van der Waals surface area contributed by atoms with E-state index in [0.717, 1.165) is 38.0 Å². The number of hydrogen-bond donors (Lipinski definition) is 2. The van der Waals surface area contributed by atoms with Gasteiger partial charge in [0.05, 0.1) is 12.8 Å². The highest BCUT2D eigenvalue weighted by Gasteiger charge is 2.21. The first-order chi connectivity index (χ1) is 14.2. The highest BCUT2D eigenvalue weighted by Crippen LogP contribution is 2.23. The SMILES string of the molecule is CN=C(NCc1nc(-c2ccco2)n[nH]1)N1CCN(c2cccc(C)c2C)CC1.I. The molecule has 0 unspecified atom stereocenters. The summed E-state index contributed by atoms with van der Waals surface area (Å²) in [4.78, 5) is 13.7. The lowest BCUT2D eigenvalue weighted by atomic mass is 10.1. The number of rotatable bonds is 4. The van der Waals surface area contributed by atoms with Crippen LogP contribution in [0.5, 0.6) is 0 Å². The molecule has 0 bridgehead atoms. The number of aromatic amines is 1. The number of furan rings is 1. The number of anilines is 1. The zero-order chi connectivity index (χ0) is 20.2. The Balaban J connectivity index is 0.00000256. The molecule has 30 heavy (non-hydrogen) atoms. The normalized spacial score (nSPS) is 14.6. The van der Waals surface area contributed by atoms with Crippen LogP contribution in [0.15, 0.2) is 46.0 Å². The van der Waals surface area contributed by atoms with Crippen molar-refractivity contribution in [1.82, 2.24) is 25.4 Å². The number of hydrogen-bond acceptors (Lipinski definition) is 5. The molecule has 3 aromatic rings. The average Bonchev–Trinajstić information content (AvgIpc) is 3.43. The maximum absolute atomic E-state index is 5.34. The van der Waals surface area contributed by atoms with Crippen molar-refractivity contribution in [2.24, 2.45) is 4.99 Å². The van der Waals surface area contributed by atoms with Crippen LogP contribution in [-0.2, 0) is 6.54 Å². The summed E-state index contributed by atoms with van der Waals surface area (Å²) in [5, 5.41) is 10.5. The fourth-order valence-corrected chi connectivity index (χ4v) is 3.62. The molecule has 2 aromatic heterocycles. The van der Waals surface area contributed by atoms with Crippen molar-refractivity contribution in [3.05, 3.63) is 53.5 Å². The monoisotopic (exact) mass is 521 g/mol. The molecular formula is C21H28IN7O. The molecule has 4 rings (SSSR count). The van der Waals surface area contributed by atoms with Gasteiger partial charge in [0.1, 0.15) is 5.82 Å². The van der Waals surface area contributed by atoms with Gasteiger partial charge in [-0.15, -0.1) is 29.1 Å². The Morgan fingerprint density at radius 1 is 1.17 bits per heavy atom. The second-order valence-corrected chi connectivity index (χ2v) is 7.18. The van der Waals surface area contributed by atoms with E-state index in [0.29, 0.717) is 18.1 Å². The van der Waals surface area contributed by atoms with Crippen LogP contribution in [0, 0.1) is 13.8 Å². The maximum Gasteiger partial charge on any atom is 0.216 e. The highest BCUT2D eigenvalue weighted by atomic mass is 127. The zero-order valence-corrected chi connectivity index (χ0v) is 19.9. The molecule has 3 heterocycles. The van der Waals surface area contributed by atoms with Crippen LogP contribution in [0.25, 0.3) is 11.6 Å². The highest BCUT2D eigenvalue weighted by molar-refractivity contribution is 14.0. The number of aryl methyl sites for hydroxylation is 1. The van der Waals surface area contributed by atoms with Crippen molar-refractivity contribution >= 4 is 35.6 Å². The quantitative estimate of drug-likeness (QED) is 0.312. The third kappa shape index (κ3) is 4.77. The van der Waals surface area contributed by atoms with E-state index in [2.05, 4.69) is 67.3 Å². The Labute approximate surface area is 193 Å². The van der Waals surface area contributed by atoms with Crippen LogP contribution >= 0.6 is 24.0 Å². The molecule has 1 aliphatic rings. The van der Waals surface area contributed by atoms with Gasteiger partial charge in [0.15, 0.2) is 11.7 Å². The molecule has 2 N–H and O–H groups in total. The summed E-state index contributed by atoms with van der Waals surface area (Å²) in [6.45, 7) is 8.67. The molecule has 8 nitrogen and oxygen atoms in total. The first-order valence-electron chi connectivity index (χ1n) is 9.87. The fourth-order valence-electron chi connectivity index (χ4n) is 3.62. The summed E-state index contributed by atoms with van der Waals surface area (Å²) in [7, 11) is 1.81. The number of halogens is 1. The van der Waals surface area contributed by atoms with Crippen molar-refractivity contribution in [3.8, 4) is 11.6 Å². The molecule has 1 aromatic carbocycles. The molecule has 9 heteroatoms. The standard InChI is InChI=1S/C21H27N7O.HI/c1-15-6-4-7-17(16(15)2)27-9-11-28(12-10-27)21(22-3)23-14-19-24-20(26-25-19)18-8-5-13-29-18;/h4-8,13H,9-12,14H2,1-3H3,(H,22,23)(H,24,25,26);1H. The second-order valence-electron chi connectivity index (χ2n) is 7.18. The van der Waals surface area contributed by atoms with Crippen LogP contribution in [0.1, 0.15) is 17.0 Å². The van der Waals surface area contributed by atoms with Crippen molar-refractivity contribution in [2.45, 2.75) is 20.4 Å². The Morgan fingerprint density at radius 2 is 1.97 bits per heavy atom. The molecule has 1 aliphatic heterocycles. The predicted octanol–water partition coefficient (Wildman–Crippen LogP) is 3.20. The third-order valence-electron chi connectivity index (χ3n) is 5.39. The van der Waals surface area contributed by atoms with Crippen LogP contribution in [-0.4, -0.2) is 59.3 Å². The number of aliphatic imine (C=N–C) groups is 1. The smallest absolute Gasteiger partial charge is 0.216 e. The van der Waals surface area contributed by atoms with Gasteiger partial charge in [-0.3, -0.25) is 10.1 Å². The maximum atomic E-state index is 5.34. The number of nitrogens with zero attached hydrogens (tertiary/aromatic N) is 5. The Bertz CT molecular complexity index is 975. The topological polar surface area (TPSA) is 85.6 Å². The average molecular weight is 521 g/mol. The van der Waals surface area contributed by atoms with Gasteiger partial charge in [-0.1, -0.05) is 12.1 Å². The van der Waals surface area contributed by atoms with E-state index in [-0.39, 0.29) is 24.0 Å². The van der Waals surface area contributed by atoms with Crippen molar-refractivity contribution in [2.75, 3.05) is 38.1 Å². The van der Waals surface area contributed by atoms with E-state index in [1.165, 1.54) is 16.8 Å². The second kappa shape index (κ2) is 9.96. The first kappa shape index (κ1) is 22.1. The van der Waals surface area contributed by atoms with Crippen molar-refractivity contribution in [1.29, 1.82) is 0 Å². The van der Waals surface area contributed by atoms with Crippen molar-refractivity contribution in [3.63, 3.8) is 0 Å². The van der Waals surface area contributed by atoms with Gasteiger partial charge in [0, 0.05) is 38.9 Å². The minimum absolute atomic E-state index is 0. The lowest BCUT2D eigenvalue weighted by Crippen LogP contribution is -2.52. The number of aromatic nitrogens is 3. The summed E-state index contributed by atoms with van der Waals surface area (Å²) < 4.78 is 5.34. The molecule has 1 saturated heterocycles. The summed E-state index contributed by atoms with van der Waals surface area (Å²) in [6.07, 6.45) is 1.61. The molecule has 0 radical (unpaired) electrons. The van der Waals surface area contributed by atoms with Crippen LogP contribution in [0.2, 0.25) is 0 Å². The molecule has 160 valence electrons. The van der Waals surface area contributed by atoms with Gasteiger partial charge in [-0.2, -0.15) is 0 Å². The Hall–Kier alpha value is -2.56. The molecule has 0 amide bonds. The van der Waals surface area contributed by atoms with Crippen LogP contribution in [0.4, 0.5) is 5.69 Å². The molecular weight excluding hydrogens is 493 g/mol.